The molecule has 0 saturated heterocycles. The van der Waals surface area contributed by atoms with Crippen LogP contribution in [0.2, 0.25) is 0 Å². The molecule has 0 aromatic rings. The van der Waals surface area contributed by atoms with E-state index in [4.69, 9.17) is 0 Å². The predicted octanol–water partition coefficient (Wildman–Crippen LogP) is 28.9. The maximum Gasteiger partial charge on any atom is 0.309 e. The van der Waals surface area contributed by atoms with Crippen LogP contribution in [0, 0.1) is 5.92 Å². The fourth-order valence-corrected chi connectivity index (χ4v) is 13.1. The first-order valence-corrected chi connectivity index (χ1v) is 39.3. The van der Waals surface area contributed by atoms with E-state index in [1.165, 1.54) is 417 Å². The van der Waals surface area contributed by atoms with Crippen LogP contribution in [0.1, 0.15) is 470 Å². The van der Waals surface area contributed by atoms with Crippen molar-refractivity contribution in [2.24, 2.45) is 5.92 Å². The molecular formula is C80H156O3. The Morgan fingerprint density at radius 2 is 0.373 bits per heavy atom. The highest BCUT2D eigenvalue weighted by Crippen LogP contribution is 2.23. The Balaban J connectivity index is 3.34. The third-order valence-electron chi connectivity index (χ3n) is 19.1. The number of carboxylic acids is 1. The molecule has 0 aromatic heterocycles. The molecule has 2 atom stereocenters. The summed E-state index contributed by atoms with van der Waals surface area (Å²) in [6.07, 6.45) is 106. The Kier molecular flexibility index (Phi) is 74.2. The molecule has 0 aromatic carbocycles. The van der Waals surface area contributed by atoms with Gasteiger partial charge in [0.15, 0.2) is 0 Å². The molecule has 3 nitrogen and oxygen atoms in total. The molecule has 0 bridgehead atoms. The molecule has 0 radical (unpaired) electrons. The van der Waals surface area contributed by atoms with Crippen molar-refractivity contribution in [2.75, 3.05) is 0 Å². The van der Waals surface area contributed by atoms with Crippen molar-refractivity contribution in [1.82, 2.24) is 0 Å². The van der Waals surface area contributed by atoms with Gasteiger partial charge in [0.1, 0.15) is 0 Å². The molecule has 0 amide bonds. The number of aliphatic hydroxyl groups excluding tert-OH is 1. The first-order chi connectivity index (χ1) is 41.1. The van der Waals surface area contributed by atoms with Crippen LogP contribution in [0.25, 0.3) is 0 Å². The van der Waals surface area contributed by atoms with Crippen LogP contribution in [0.5, 0.6) is 0 Å². The normalized spacial score (nSPS) is 12.7. The lowest BCUT2D eigenvalue weighted by Crippen LogP contribution is -2.28. The fraction of sp³-hybridized carbons (Fsp3) is 0.938. The van der Waals surface area contributed by atoms with Gasteiger partial charge in [0.05, 0.1) is 12.0 Å². The molecule has 0 spiro atoms. The van der Waals surface area contributed by atoms with Crippen LogP contribution >= 0.6 is 0 Å². The van der Waals surface area contributed by atoms with E-state index in [2.05, 4.69) is 38.2 Å². The molecule has 0 saturated carbocycles. The van der Waals surface area contributed by atoms with Gasteiger partial charge in [-0.3, -0.25) is 4.79 Å². The fourth-order valence-electron chi connectivity index (χ4n) is 13.1. The average molecular weight is 1170 g/mol. The molecule has 0 rings (SSSR count). The van der Waals surface area contributed by atoms with Crippen molar-refractivity contribution in [3.8, 4) is 0 Å². The minimum Gasteiger partial charge on any atom is -0.481 e. The number of rotatable bonds is 75. The molecular weight excluding hydrogens is 1010 g/mol. The van der Waals surface area contributed by atoms with E-state index in [1.807, 2.05) is 0 Å². The van der Waals surface area contributed by atoms with Crippen LogP contribution in [-0.2, 0) is 4.79 Å². The van der Waals surface area contributed by atoms with Gasteiger partial charge in [-0.1, -0.05) is 430 Å². The van der Waals surface area contributed by atoms with Crippen LogP contribution in [0.15, 0.2) is 24.3 Å². The monoisotopic (exact) mass is 1170 g/mol. The van der Waals surface area contributed by atoms with Gasteiger partial charge in [-0.2, -0.15) is 0 Å². The number of hydrogen-bond acceptors (Lipinski definition) is 2. The van der Waals surface area contributed by atoms with Crippen molar-refractivity contribution in [2.45, 2.75) is 476 Å². The van der Waals surface area contributed by atoms with Crippen molar-refractivity contribution >= 4 is 5.97 Å². The van der Waals surface area contributed by atoms with E-state index >= 15 is 0 Å². The highest BCUT2D eigenvalue weighted by Gasteiger charge is 2.25. The van der Waals surface area contributed by atoms with Gasteiger partial charge in [-0.05, 0) is 64.2 Å². The number of carbonyl (C=O) groups is 1. The van der Waals surface area contributed by atoms with Crippen LogP contribution in [0.4, 0.5) is 0 Å². The molecule has 0 aliphatic carbocycles. The lowest BCUT2D eigenvalue weighted by Gasteiger charge is -2.19. The summed E-state index contributed by atoms with van der Waals surface area (Å²) in [5, 5.41) is 20.5. The second-order valence-electron chi connectivity index (χ2n) is 27.5. The molecule has 3 heteroatoms. The van der Waals surface area contributed by atoms with Crippen molar-refractivity contribution in [3.63, 3.8) is 0 Å². The lowest BCUT2D eigenvalue weighted by molar-refractivity contribution is -0.146. The molecule has 0 heterocycles. The molecule has 494 valence electrons. The third kappa shape index (κ3) is 71.6. The predicted molar refractivity (Wildman–Crippen MR) is 375 cm³/mol. The van der Waals surface area contributed by atoms with Gasteiger partial charge in [-0.15, -0.1) is 0 Å². The Morgan fingerprint density at radius 3 is 0.542 bits per heavy atom. The Hall–Kier alpha value is -1.09. The molecule has 0 aliphatic rings. The summed E-state index contributed by atoms with van der Waals surface area (Å²) in [5.74, 6) is -1.39. The third-order valence-corrected chi connectivity index (χ3v) is 19.1. The standard InChI is InChI=1S/C80H156O3/c1-3-5-7-9-11-13-15-17-19-21-23-25-27-28-29-30-31-32-33-34-35-36-37-38-39-40-41-42-43-44-45-46-47-48-49-50-51-52-53-54-55-57-59-61-63-65-67-69-71-73-75-77-79(81)78(80(82)83)76-74-72-70-68-66-64-62-60-58-56-26-24-22-20-18-16-14-12-10-8-6-4-2/h34-35,49-50,78-79,81H,3-33,36-48,51-77H2,1-2H3,(H,82,83)/b35-34-,50-49-/t78-,79-/m1/s1. The van der Waals surface area contributed by atoms with Gasteiger partial charge < -0.3 is 10.2 Å². The summed E-state index contributed by atoms with van der Waals surface area (Å²) in [6.45, 7) is 4.61. The number of allylic oxidation sites excluding steroid dienone is 4. The molecule has 83 heavy (non-hydrogen) atoms. The van der Waals surface area contributed by atoms with Crippen molar-refractivity contribution < 1.29 is 15.0 Å². The quantitative estimate of drug-likeness (QED) is 0.0471. The van der Waals surface area contributed by atoms with Gasteiger partial charge in [0, 0.05) is 0 Å². The summed E-state index contributed by atoms with van der Waals surface area (Å²) < 4.78 is 0. The smallest absolute Gasteiger partial charge is 0.309 e. The zero-order valence-corrected chi connectivity index (χ0v) is 57.5. The highest BCUT2D eigenvalue weighted by atomic mass is 16.4. The van der Waals surface area contributed by atoms with Gasteiger partial charge in [0.2, 0.25) is 0 Å². The number of hydrogen-bond donors (Lipinski definition) is 2. The largest absolute Gasteiger partial charge is 0.481 e. The van der Waals surface area contributed by atoms with E-state index < -0.39 is 18.0 Å². The number of aliphatic hydroxyl groups is 1. The van der Waals surface area contributed by atoms with Crippen LogP contribution in [0.3, 0.4) is 0 Å². The first kappa shape index (κ1) is 81.9. The van der Waals surface area contributed by atoms with Crippen LogP contribution < -0.4 is 0 Å². The van der Waals surface area contributed by atoms with Crippen molar-refractivity contribution in [1.29, 1.82) is 0 Å². The molecule has 0 unspecified atom stereocenters. The summed E-state index contributed by atoms with van der Waals surface area (Å²) in [7, 11) is 0. The lowest BCUT2D eigenvalue weighted by atomic mass is 9.91. The first-order valence-electron chi connectivity index (χ1n) is 39.3. The van der Waals surface area contributed by atoms with E-state index in [-0.39, 0.29) is 0 Å². The SMILES string of the molecule is CCCCCCCCCCCCCCCCCCCC/C=C\CCCCCCCCCCCCC/C=C\CCCCCCCCCCCCCCCC[C@@H](O)[C@@H](CCCCCCCCCCCCCCCCCCCCCCCC)C(=O)O. The molecule has 0 fully saturated rings. The Labute approximate surface area is 524 Å². The van der Waals surface area contributed by atoms with E-state index in [1.54, 1.807) is 0 Å². The van der Waals surface area contributed by atoms with E-state index in [0.29, 0.717) is 12.8 Å². The maximum absolute atomic E-state index is 11.9. The highest BCUT2D eigenvalue weighted by molar-refractivity contribution is 5.70. The van der Waals surface area contributed by atoms with Gasteiger partial charge >= 0.3 is 5.97 Å². The Bertz CT molecular complexity index is 1220. The van der Waals surface area contributed by atoms with Gasteiger partial charge in [-0.25, -0.2) is 0 Å². The zero-order valence-electron chi connectivity index (χ0n) is 57.5. The van der Waals surface area contributed by atoms with Gasteiger partial charge in [0.25, 0.3) is 0 Å². The summed E-state index contributed by atoms with van der Waals surface area (Å²) in [6, 6.07) is 0. The summed E-state index contributed by atoms with van der Waals surface area (Å²) >= 11 is 0. The number of carboxylic acid groups (broad SMARTS) is 1. The maximum atomic E-state index is 11.9. The second-order valence-corrected chi connectivity index (χ2v) is 27.5. The average Bonchev–Trinajstić information content (AvgIpc) is 3.49. The molecule has 2 N–H and O–H groups in total. The Morgan fingerprint density at radius 1 is 0.229 bits per heavy atom. The van der Waals surface area contributed by atoms with E-state index in [0.717, 1.165) is 25.7 Å². The molecule has 0 aliphatic heterocycles. The second kappa shape index (κ2) is 75.2. The van der Waals surface area contributed by atoms with Crippen LogP contribution in [-0.4, -0.2) is 22.3 Å². The topological polar surface area (TPSA) is 57.5 Å². The van der Waals surface area contributed by atoms with Crippen molar-refractivity contribution in [3.05, 3.63) is 24.3 Å². The zero-order chi connectivity index (χ0) is 59.8. The summed E-state index contributed by atoms with van der Waals surface area (Å²) in [4.78, 5) is 11.9. The van der Waals surface area contributed by atoms with E-state index in [9.17, 15) is 15.0 Å². The number of aliphatic carboxylic acids is 1. The minimum atomic E-state index is -0.801. The number of unbranched alkanes of at least 4 members (excludes halogenated alkanes) is 65. The summed E-state index contributed by atoms with van der Waals surface area (Å²) in [5.41, 5.74) is 0. The minimum absolute atomic E-state index is 0.585.